The highest BCUT2D eigenvalue weighted by molar-refractivity contribution is 9.10. The van der Waals surface area contributed by atoms with Gasteiger partial charge in [-0.1, -0.05) is 0 Å². The lowest BCUT2D eigenvalue weighted by atomic mass is 10.0. The molecule has 0 amide bonds. The molecular formula is C10H11BrO2S. The van der Waals surface area contributed by atoms with E-state index in [0.717, 1.165) is 17.3 Å². The van der Waals surface area contributed by atoms with Crippen molar-refractivity contribution in [1.82, 2.24) is 0 Å². The summed E-state index contributed by atoms with van der Waals surface area (Å²) in [5, 5.41) is 8.82. The van der Waals surface area contributed by atoms with Crippen LogP contribution in [0.15, 0.2) is 10.5 Å². The average molecular weight is 275 g/mol. The van der Waals surface area contributed by atoms with E-state index >= 15 is 0 Å². The number of rotatable bonds is 3. The molecule has 1 aromatic heterocycles. The van der Waals surface area contributed by atoms with Crippen molar-refractivity contribution in [2.75, 3.05) is 0 Å². The normalized spacial score (nSPS) is 18.1. The first-order valence-electron chi connectivity index (χ1n) is 4.52. The topological polar surface area (TPSA) is 37.3 Å². The van der Waals surface area contributed by atoms with Crippen molar-refractivity contribution >= 4 is 33.2 Å². The van der Waals surface area contributed by atoms with Gasteiger partial charge in [-0.15, -0.1) is 11.3 Å². The maximum Gasteiger partial charge on any atom is 0.304 e. The standard InChI is InChI=1S/C10H11BrO2S/c1-6-7(11)4-8(14-6)10(2-3-10)5-9(12)13/h4H,2-3,5H2,1H3,(H,12,13). The van der Waals surface area contributed by atoms with Gasteiger partial charge in [-0.05, 0) is 41.8 Å². The summed E-state index contributed by atoms with van der Waals surface area (Å²) in [5.41, 5.74) is -0.0344. The van der Waals surface area contributed by atoms with Crippen LogP contribution in [0, 0.1) is 6.92 Å². The summed E-state index contributed by atoms with van der Waals surface area (Å²) in [6.45, 7) is 2.05. The Bertz CT molecular complexity index is 360. The summed E-state index contributed by atoms with van der Waals surface area (Å²) in [6.07, 6.45) is 2.32. The van der Waals surface area contributed by atoms with Crippen LogP contribution < -0.4 is 0 Å². The minimum Gasteiger partial charge on any atom is -0.481 e. The summed E-state index contributed by atoms with van der Waals surface area (Å²) in [5.74, 6) is -0.690. The molecule has 0 spiro atoms. The number of hydrogen-bond donors (Lipinski definition) is 1. The molecule has 2 nitrogen and oxygen atoms in total. The van der Waals surface area contributed by atoms with E-state index < -0.39 is 5.97 Å². The van der Waals surface area contributed by atoms with Crippen LogP contribution in [0.3, 0.4) is 0 Å². The first-order valence-corrected chi connectivity index (χ1v) is 6.13. The van der Waals surface area contributed by atoms with E-state index in [-0.39, 0.29) is 11.8 Å². The number of carbonyl (C=O) groups is 1. The highest BCUT2D eigenvalue weighted by Gasteiger charge is 2.47. The molecule has 0 saturated heterocycles. The Hall–Kier alpha value is -0.350. The van der Waals surface area contributed by atoms with Gasteiger partial charge in [0.15, 0.2) is 0 Å². The third-order valence-electron chi connectivity index (χ3n) is 2.72. The fourth-order valence-electron chi connectivity index (χ4n) is 1.67. The molecule has 2 rings (SSSR count). The van der Waals surface area contributed by atoms with E-state index in [9.17, 15) is 4.79 Å². The van der Waals surface area contributed by atoms with Gasteiger partial charge in [0.25, 0.3) is 0 Å². The minimum absolute atomic E-state index is 0.0344. The highest BCUT2D eigenvalue weighted by atomic mass is 79.9. The van der Waals surface area contributed by atoms with Crippen LogP contribution in [0.1, 0.15) is 29.0 Å². The monoisotopic (exact) mass is 274 g/mol. The van der Waals surface area contributed by atoms with Crippen LogP contribution in [-0.2, 0) is 10.2 Å². The van der Waals surface area contributed by atoms with Crippen molar-refractivity contribution in [2.45, 2.75) is 31.6 Å². The van der Waals surface area contributed by atoms with Crippen LogP contribution in [0.5, 0.6) is 0 Å². The van der Waals surface area contributed by atoms with Crippen molar-refractivity contribution < 1.29 is 9.90 Å². The predicted octanol–water partition coefficient (Wildman–Crippen LogP) is 3.33. The lowest BCUT2D eigenvalue weighted by Gasteiger charge is -2.08. The third kappa shape index (κ3) is 1.73. The number of halogens is 1. The summed E-state index contributed by atoms with van der Waals surface area (Å²) < 4.78 is 1.11. The molecule has 1 aliphatic rings. The number of aliphatic carboxylic acids is 1. The number of carboxylic acids is 1. The van der Waals surface area contributed by atoms with Gasteiger partial charge in [0.2, 0.25) is 0 Å². The van der Waals surface area contributed by atoms with Gasteiger partial charge in [0, 0.05) is 19.6 Å². The molecule has 0 unspecified atom stereocenters. The minimum atomic E-state index is -0.690. The van der Waals surface area contributed by atoms with Gasteiger partial charge in [-0.3, -0.25) is 4.79 Å². The van der Waals surface area contributed by atoms with Crippen LogP contribution in [0.25, 0.3) is 0 Å². The van der Waals surface area contributed by atoms with Crippen LogP contribution in [0.2, 0.25) is 0 Å². The first kappa shape index (κ1) is 10.2. The fourth-order valence-corrected chi connectivity index (χ4v) is 3.45. The van der Waals surface area contributed by atoms with Gasteiger partial charge >= 0.3 is 5.97 Å². The van der Waals surface area contributed by atoms with Crippen LogP contribution in [-0.4, -0.2) is 11.1 Å². The second-order valence-corrected chi connectivity index (χ2v) is 5.98. The first-order chi connectivity index (χ1) is 6.53. The van der Waals surface area contributed by atoms with Crippen LogP contribution in [0.4, 0.5) is 0 Å². The molecule has 14 heavy (non-hydrogen) atoms. The van der Waals surface area contributed by atoms with Crippen molar-refractivity contribution in [1.29, 1.82) is 0 Å². The second kappa shape index (κ2) is 3.35. The number of thiophene rings is 1. The van der Waals surface area contributed by atoms with Crippen molar-refractivity contribution in [3.05, 3.63) is 20.3 Å². The molecule has 0 bridgehead atoms. The Morgan fingerprint density at radius 1 is 1.71 bits per heavy atom. The molecule has 1 heterocycles. The van der Waals surface area contributed by atoms with Crippen molar-refractivity contribution in [2.24, 2.45) is 0 Å². The van der Waals surface area contributed by atoms with Crippen LogP contribution >= 0.6 is 27.3 Å². The molecule has 1 aliphatic carbocycles. The smallest absolute Gasteiger partial charge is 0.304 e. The lowest BCUT2D eigenvalue weighted by molar-refractivity contribution is -0.137. The number of carboxylic acid groups (broad SMARTS) is 1. The van der Waals surface area contributed by atoms with E-state index in [1.165, 1.54) is 9.75 Å². The van der Waals surface area contributed by atoms with Gasteiger partial charge in [0.1, 0.15) is 0 Å². The molecule has 0 atom stereocenters. The summed E-state index contributed by atoms with van der Waals surface area (Å²) in [4.78, 5) is 13.2. The maximum atomic E-state index is 10.7. The van der Waals surface area contributed by atoms with E-state index in [4.69, 9.17) is 5.11 Å². The molecule has 0 aliphatic heterocycles. The zero-order valence-corrected chi connectivity index (χ0v) is 10.2. The van der Waals surface area contributed by atoms with E-state index in [0.29, 0.717) is 0 Å². The Balaban J connectivity index is 2.26. The third-order valence-corrected chi connectivity index (χ3v) is 5.11. The second-order valence-electron chi connectivity index (χ2n) is 3.87. The Kier molecular flexibility index (Phi) is 2.43. The van der Waals surface area contributed by atoms with Gasteiger partial charge in [0.05, 0.1) is 6.42 Å². The van der Waals surface area contributed by atoms with Crippen molar-refractivity contribution in [3.8, 4) is 0 Å². The Morgan fingerprint density at radius 3 is 2.71 bits per heavy atom. The zero-order chi connectivity index (χ0) is 10.3. The van der Waals surface area contributed by atoms with Crippen molar-refractivity contribution in [3.63, 3.8) is 0 Å². The molecule has 1 aromatic rings. The highest BCUT2D eigenvalue weighted by Crippen LogP contribution is 2.54. The Labute approximate surface area is 95.1 Å². The van der Waals surface area contributed by atoms with E-state index in [2.05, 4.69) is 28.9 Å². The van der Waals surface area contributed by atoms with Gasteiger partial charge in [-0.2, -0.15) is 0 Å². The van der Waals surface area contributed by atoms with E-state index in [1.807, 2.05) is 0 Å². The van der Waals surface area contributed by atoms with Gasteiger partial charge < -0.3 is 5.11 Å². The number of aryl methyl sites for hydroxylation is 1. The molecule has 0 aromatic carbocycles. The number of hydrogen-bond acceptors (Lipinski definition) is 2. The molecule has 0 radical (unpaired) electrons. The molecule has 1 fully saturated rings. The maximum absolute atomic E-state index is 10.7. The Morgan fingerprint density at radius 2 is 2.36 bits per heavy atom. The molecule has 4 heteroatoms. The predicted molar refractivity (Wildman–Crippen MR) is 59.9 cm³/mol. The molecule has 76 valence electrons. The van der Waals surface area contributed by atoms with Gasteiger partial charge in [-0.25, -0.2) is 0 Å². The average Bonchev–Trinajstić information content (AvgIpc) is 2.75. The summed E-state index contributed by atoms with van der Waals surface area (Å²) in [7, 11) is 0. The summed E-state index contributed by atoms with van der Waals surface area (Å²) >= 11 is 5.18. The lowest BCUT2D eigenvalue weighted by Crippen LogP contribution is -2.11. The quantitative estimate of drug-likeness (QED) is 0.918. The SMILES string of the molecule is Cc1sc(C2(CC(=O)O)CC2)cc1Br. The van der Waals surface area contributed by atoms with E-state index in [1.54, 1.807) is 11.3 Å². The molecule has 1 saturated carbocycles. The molecular weight excluding hydrogens is 264 g/mol. The fraction of sp³-hybridized carbons (Fsp3) is 0.500. The zero-order valence-electron chi connectivity index (χ0n) is 7.84. The largest absolute Gasteiger partial charge is 0.481 e. The summed E-state index contributed by atoms with van der Waals surface area (Å²) in [6, 6.07) is 2.08. The molecule has 1 N–H and O–H groups in total.